The number of ether oxygens (including phenoxy) is 2. The van der Waals surface area contributed by atoms with Crippen molar-refractivity contribution < 1.29 is 19.1 Å². The van der Waals surface area contributed by atoms with Gasteiger partial charge in [0.05, 0.1) is 20.3 Å². The van der Waals surface area contributed by atoms with Crippen LogP contribution in [0.1, 0.15) is 37.8 Å². The minimum Gasteiger partial charge on any atom is -0.467 e. The number of methoxy groups -OCH3 is 1. The molecule has 1 heterocycles. The van der Waals surface area contributed by atoms with Gasteiger partial charge < -0.3 is 14.8 Å². The van der Waals surface area contributed by atoms with Crippen molar-refractivity contribution in [3.05, 3.63) is 71.8 Å². The molecule has 0 radical (unpaired) electrons. The van der Waals surface area contributed by atoms with E-state index in [1.54, 1.807) is 0 Å². The van der Waals surface area contributed by atoms with E-state index in [4.69, 9.17) is 9.47 Å². The zero-order valence-electron chi connectivity index (χ0n) is 20.0. The summed E-state index contributed by atoms with van der Waals surface area (Å²) in [5, 5.41) is 3.07. The number of carbonyl (C=O) groups excluding carboxylic acids is 2. The molecular formula is C27H36N2O4. The summed E-state index contributed by atoms with van der Waals surface area (Å²) in [6.45, 7) is 7.90. The number of benzene rings is 2. The van der Waals surface area contributed by atoms with Gasteiger partial charge in [-0.1, -0.05) is 74.5 Å². The molecule has 1 N–H and O–H groups in total. The Morgan fingerprint density at radius 3 is 2.03 bits per heavy atom. The zero-order chi connectivity index (χ0) is 23.7. The molecule has 6 nitrogen and oxygen atoms in total. The average Bonchev–Trinajstić information content (AvgIpc) is 2.85. The summed E-state index contributed by atoms with van der Waals surface area (Å²) in [7, 11) is 1.36. The summed E-state index contributed by atoms with van der Waals surface area (Å²) in [4.78, 5) is 29.1. The summed E-state index contributed by atoms with van der Waals surface area (Å²) in [6, 6.07) is 19.1. The normalized spacial score (nSPS) is 15.8. The topological polar surface area (TPSA) is 67.9 Å². The molecule has 0 aromatic heterocycles. The van der Waals surface area contributed by atoms with Crippen molar-refractivity contribution >= 4 is 11.9 Å². The molecule has 2 aromatic carbocycles. The van der Waals surface area contributed by atoms with E-state index in [1.165, 1.54) is 7.11 Å². The van der Waals surface area contributed by atoms with Crippen LogP contribution in [0, 0.1) is 5.92 Å². The minimum absolute atomic E-state index is 0.177. The molecular weight excluding hydrogens is 416 g/mol. The molecule has 1 atom stereocenters. The van der Waals surface area contributed by atoms with E-state index in [0.717, 1.165) is 30.8 Å². The Hall–Kier alpha value is -2.70. The number of morpholine rings is 1. The fourth-order valence-corrected chi connectivity index (χ4v) is 4.54. The lowest BCUT2D eigenvalue weighted by atomic mass is 9.70. The summed E-state index contributed by atoms with van der Waals surface area (Å²) < 4.78 is 10.5. The maximum absolute atomic E-state index is 14.2. The molecule has 0 saturated carbocycles. The van der Waals surface area contributed by atoms with Crippen LogP contribution in [-0.4, -0.2) is 62.8 Å². The monoisotopic (exact) mass is 452 g/mol. The molecule has 178 valence electrons. The van der Waals surface area contributed by atoms with Crippen LogP contribution in [0.4, 0.5) is 0 Å². The minimum atomic E-state index is -0.940. The first-order valence-electron chi connectivity index (χ1n) is 11.8. The Morgan fingerprint density at radius 2 is 1.55 bits per heavy atom. The van der Waals surface area contributed by atoms with Gasteiger partial charge in [0.1, 0.15) is 11.5 Å². The SMILES string of the molecule is COC(=O)[C@H](CC(C)C)NC(=O)C(CCN1CCOCC1)(c1ccccc1)c1ccccc1. The van der Waals surface area contributed by atoms with Gasteiger partial charge in [-0.15, -0.1) is 0 Å². The fraction of sp³-hybridized carbons (Fsp3) is 0.481. The van der Waals surface area contributed by atoms with Crippen molar-refractivity contribution in [1.82, 2.24) is 10.2 Å². The molecule has 1 aliphatic rings. The number of hydrogen-bond donors (Lipinski definition) is 1. The fourth-order valence-electron chi connectivity index (χ4n) is 4.54. The number of hydrogen-bond acceptors (Lipinski definition) is 5. The third-order valence-electron chi connectivity index (χ3n) is 6.33. The average molecular weight is 453 g/mol. The molecule has 1 fully saturated rings. The Bertz CT molecular complexity index is 840. The highest BCUT2D eigenvalue weighted by atomic mass is 16.5. The van der Waals surface area contributed by atoms with E-state index >= 15 is 0 Å². The maximum Gasteiger partial charge on any atom is 0.328 e. The molecule has 1 aliphatic heterocycles. The Labute approximate surface area is 197 Å². The number of nitrogens with one attached hydrogen (secondary N) is 1. The van der Waals surface area contributed by atoms with Gasteiger partial charge in [0.25, 0.3) is 0 Å². The third kappa shape index (κ3) is 6.21. The first kappa shape index (κ1) is 24.9. The van der Waals surface area contributed by atoms with E-state index in [1.807, 2.05) is 74.5 Å². The zero-order valence-corrected chi connectivity index (χ0v) is 20.0. The Balaban J connectivity index is 2.03. The van der Waals surface area contributed by atoms with Crippen molar-refractivity contribution in [2.24, 2.45) is 5.92 Å². The summed E-state index contributed by atoms with van der Waals surface area (Å²) in [5.41, 5.74) is 0.884. The maximum atomic E-state index is 14.2. The van der Waals surface area contributed by atoms with Crippen molar-refractivity contribution in [2.75, 3.05) is 40.0 Å². The lowest BCUT2D eigenvalue weighted by Gasteiger charge is -2.37. The van der Waals surface area contributed by atoms with Crippen molar-refractivity contribution in [3.63, 3.8) is 0 Å². The summed E-state index contributed by atoms with van der Waals surface area (Å²) in [6.07, 6.45) is 1.10. The second-order valence-corrected chi connectivity index (χ2v) is 9.02. The molecule has 3 rings (SSSR count). The largest absolute Gasteiger partial charge is 0.467 e. The molecule has 0 spiro atoms. The van der Waals surface area contributed by atoms with Gasteiger partial charge in [-0.2, -0.15) is 0 Å². The highest BCUT2D eigenvalue weighted by Crippen LogP contribution is 2.37. The molecule has 6 heteroatoms. The number of esters is 1. The van der Waals surface area contributed by atoms with E-state index in [9.17, 15) is 9.59 Å². The number of rotatable bonds is 10. The van der Waals surface area contributed by atoms with Gasteiger partial charge in [-0.25, -0.2) is 4.79 Å². The lowest BCUT2D eigenvalue weighted by molar-refractivity contribution is -0.146. The van der Waals surface area contributed by atoms with Gasteiger partial charge in [-0.05, 0) is 29.9 Å². The van der Waals surface area contributed by atoms with Gasteiger partial charge in [0.15, 0.2) is 0 Å². The van der Waals surface area contributed by atoms with Crippen LogP contribution in [0.5, 0.6) is 0 Å². The number of amides is 1. The van der Waals surface area contributed by atoms with E-state index in [-0.39, 0.29) is 11.8 Å². The third-order valence-corrected chi connectivity index (χ3v) is 6.33. The highest BCUT2D eigenvalue weighted by molar-refractivity contribution is 5.95. The second kappa shape index (κ2) is 12.0. The van der Waals surface area contributed by atoms with Gasteiger partial charge in [0.2, 0.25) is 5.91 Å². The van der Waals surface area contributed by atoms with Crippen molar-refractivity contribution in [3.8, 4) is 0 Å². The Kier molecular flexibility index (Phi) is 9.03. The van der Waals surface area contributed by atoms with E-state index < -0.39 is 17.4 Å². The number of nitrogens with zero attached hydrogens (tertiary/aromatic N) is 1. The van der Waals surface area contributed by atoms with Crippen LogP contribution in [-0.2, 0) is 24.5 Å². The predicted molar refractivity (Wildman–Crippen MR) is 129 cm³/mol. The first-order valence-corrected chi connectivity index (χ1v) is 11.8. The van der Waals surface area contributed by atoms with Gasteiger partial charge >= 0.3 is 5.97 Å². The van der Waals surface area contributed by atoms with Crippen molar-refractivity contribution in [1.29, 1.82) is 0 Å². The molecule has 1 amide bonds. The second-order valence-electron chi connectivity index (χ2n) is 9.02. The number of carbonyl (C=O) groups is 2. The summed E-state index contributed by atoms with van der Waals surface area (Å²) in [5.74, 6) is -0.366. The van der Waals surface area contributed by atoms with Crippen LogP contribution in [0.2, 0.25) is 0 Å². The first-order chi connectivity index (χ1) is 16.0. The molecule has 2 aromatic rings. The standard InChI is InChI=1S/C27H36N2O4/c1-21(2)20-24(25(30)32-3)28-26(31)27(22-10-6-4-7-11-22,23-12-8-5-9-13-23)14-15-29-16-18-33-19-17-29/h4-13,21,24H,14-20H2,1-3H3,(H,28,31)/t24-/m0/s1. The van der Waals surface area contributed by atoms with Crippen LogP contribution in [0.3, 0.4) is 0 Å². The predicted octanol–water partition coefficient (Wildman–Crippen LogP) is 3.40. The van der Waals surface area contributed by atoms with Crippen LogP contribution < -0.4 is 5.32 Å². The Morgan fingerprint density at radius 1 is 1.00 bits per heavy atom. The molecule has 1 saturated heterocycles. The highest BCUT2D eigenvalue weighted by Gasteiger charge is 2.43. The van der Waals surface area contributed by atoms with Crippen LogP contribution >= 0.6 is 0 Å². The lowest BCUT2D eigenvalue weighted by Crippen LogP contribution is -2.53. The van der Waals surface area contributed by atoms with Crippen LogP contribution in [0.25, 0.3) is 0 Å². The smallest absolute Gasteiger partial charge is 0.328 e. The van der Waals surface area contributed by atoms with Crippen molar-refractivity contribution in [2.45, 2.75) is 38.1 Å². The molecule has 33 heavy (non-hydrogen) atoms. The summed E-state index contributed by atoms with van der Waals surface area (Å²) >= 11 is 0. The van der Waals surface area contributed by atoms with E-state index in [0.29, 0.717) is 26.1 Å². The van der Waals surface area contributed by atoms with Gasteiger partial charge in [0, 0.05) is 19.6 Å². The molecule has 0 unspecified atom stereocenters. The van der Waals surface area contributed by atoms with E-state index in [2.05, 4.69) is 10.2 Å². The van der Waals surface area contributed by atoms with Crippen LogP contribution in [0.15, 0.2) is 60.7 Å². The quantitative estimate of drug-likeness (QED) is 0.560. The van der Waals surface area contributed by atoms with Gasteiger partial charge in [-0.3, -0.25) is 9.69 Å². The molecule has 0 aliphatic carbocycles. The molecule has 0 bridgehead atoms.